The Hall–Kier alpha value is -1.27. The molecule has 0 saturated heterocycles. The average molecular weight is 253 g/mol. The molecule has 0 atom stereocenters. The van der Waals surface area contributed by atoms with Crippen molar-refractivity contribution in [1.82, 2.24) is 0 Å². The first-order valence-electron chi connectivity index (χ1n) is 4.15. The maximum Gasteiger partial charge on any atom is 0.304 e. The molecule has 0 radical (unpaired) electrons. The first-order valence-corrected chi connectivity index (χ1v) is 4.94. The quantitative estimate of drug-likeness (QED) is 0.822. The summed E-state index contributed by atoms with van der Waals surface area (Å²) in [7, 11) is 0. The van der Waals surface area contributed by atoms with E-state index in [0.29, 0.717) is 6.42 Å². The predicted molar refractivity (Wildman–Crippen MR) is 57.9 cm³/mol. The van der Waals surface area contributed by atoms with E-state index in [1.807, 2.05) is 24.3 Å². The average Bonchev–Trinajstić information content (AvgIpc) is 2.12. The summed E-state index contributed by atoms with van der Waals surface area (Å²) in [6.45, 7) is 0. The SMILES string of the molecule is O=C(O)CCC#Cc1cccc(Br)c1. The molecule has 1 N–H and O–H groups in total. The number of aliphatic carboxylic acids is 1. The molecular formula is C11H9BrO2. The van der Waals surface area contributed by atoms with Crippen LogP contribution >= 0.6 is 15.9 Å². The summed E-state index contributed by atoms with van der Waals surface area (Å²) >= 11 is 3.33. The zero-order valence-corrected chi connectivity index (χ0v) is 9.04. The molecule has 1 aromatic carbocycles. The van der Waals surface area contributed by atoms with Crippen LogP contribution in [0, 0.1) is 11.8 Å². The molecule has 0 heterocycles. The molecule has 72 valence electrons. The van der Waals surface area contributed by atoms with Gasteiger partial charge in [-0.15, -0.1) is 0 Å². The van der Waals surface area contributed by atoms with Gasteiger partial charge in [0.2, 0.25) is 0 Å². The number of carboxylic acid groups (broad SMARTS) is 1. The molecule has 1 aromatic rings. The van der Waals surface area contributed by atoms with Gasteiger partial charge in [0.1, 0.15) is 0 Å². The summed E-state index contributed by atoms with van der Waals surface area (Å²) in [6, 6.07) is 7.60. The molecule has 0 spiro atoms. The van der Waals surface area contributed by atoms with Crippen molar-refractivity contribution < 1.29 is 9.90 Å². The smallest absolute Gasteiger partial charge is 0.304 e. The van der Waals surface area contributed by atoms with E-state index in [2.05, 4.69) is 27.8 Å². The first-order chi connectivity index (χ1) is 6.68. The van der Waals surface area contributed by atoms with Gasteiger partial charge in [-0.1, -0.05) is 33.8 Å². The highest BCUT2D eigenvalue weighted by Gasteiger charge is 1.92. The number of halogens is 1. The number of rotatable bonds is 2. The van der Waals surface area contributed by atoms with E-state index < -0.39 is 5.97 Å². The van der Waals surface area contributed by atoms with Crippen LogP contribution in [0.15, 0.2) is 28.7 Å². The van der Waals surface area contributed by atoms with Gasteiger partial charge in [0.25, 0.3) is 0 Å². The number of benzene rings is 1. The Morgan fingerprint density at radius 2 is 2.29 bits per heavy atom. The van der Waals surface area contributed by atoms with Crippen molar-refractivity contribution in [3.63, 3.8) is 0 Å². The molecule has 0 unspecified atom stereocenters. The maximum atomic E-state index is 10.2. The van der Waals surface area contributed by atoms with Gasteiger partial charge in [-0.05, 0) is 18.2 Å². The standard InChI is InChI=1S/C11H9BrO2/c12-10-6-3-5-9(8-10)4-1-2-7-11(13)14/h3,5-6,8H,2,7H2,(H,13,14). The van der Waals surface area contributed by atoms with Gasteiger partial charge >= 0.3 is 5.97 Å². The van der Waals surface area contributed by atoms with Crippen LogP contribution in [0.5, 0.6) is 0 Å². The Balaban J connectivity index is 2.55. The third kappa shape index (κ3) is 4.11. The van der Waals surface area contributed by atoms with Crippen LogP contribution in [0.4, 0.5) is 0 Å². The van der Waals surface area contributed by atoms with Gasteiger partial charge < -0.3 is 5.11 Å². The Morgan fingerprint density at radius 1 is 1.50 bits per heavy atom. The van der Waals surface area contributed by atoms with Gasteiger partial charge in [-0.3, -0.25) is 4.79 Å². The zero-order chi connectivity index (χ0) is 10.4. The lowest BCUT2D eigenvalue weighted by Crippen LogP contribution is -1.91. The molecule has 0 aliphatic rings. The number of carbonyl (C=O) groups is 1. The minimum atomic E-state index is -0.812. The van der Waals surface area contributed by atoms with Crippen molar-refractivity contribution in [2.75, 3.05) is 0 Å². The lowest BCUT2D eigenvalue weighted by atomic mass is 10.2. The van der Waals surface area contributed by atoms with Crippen LogP contribution in [0.1, 0.15) is 18.4 Å². The van der Waals surface area contributed by atoms with Gasteiger partial charge in [0.05, 0.1) is 6.42 Å². The Kier molecular flexibility index (Phi) is 4.21. The molecule has 2 nitrogen and oxygen atoms in total. The summed E-state index contributed by atoms with van der Waals surface area (Å²) in [4.78, 5) is 10.2. The molecule has 0 aliphatic heterocycles. The highest BCUT2D eigenvalue weighted by Crippen LogP contribution is 2.10. The predicted octanol–water partition coefficient (Wildman–Crippen LogP) is 2.67. The normalized spacial score (nSPS) is 8.93. The number of hydrogen-bond acceptors (Lipinski definition) is 1. The summed E-state index contributed by atoms with van der Waals surface area (Å²) < 4.78 is 0.975. The highest BCUT2D eigenvalue weighted by molar-refractivity contribution is 9.10. The molecular weight excluding hydrogens is 244 g/mol. The van der Waals surface area contributed by atoms with Crippen molar-refractivity contribution in [2.45, 2.75) is 12.8 Å². The molecule has 0 aromatic heterocycles. The van der Waals surface area contributed by atoms with Gasteiger partial charge in [-0.25, -0.2) is 0 Å². The Labute approximate surface area is 91.1 Å². The molecule has 3 heteroatoms. The van der Waals surface area contributed by atoms with Crippen molar-refractivity contribution in [3.8, 4) is 11.8 Å². The van der Waals surface area contributed by atoms with Crippen molar-refractivity contribution >= 4 is 21.9 Å². The fourth-order valence-electron chi connectivity index (χ4n) is 0.900. The molecule has 1 rings (SSSR count). The van der Waals surface area contributed by atoms with Crippen LogP contribution in [0.3, 0.4) is 0 Å². The lowest BCUT2D eigenvalue weighted by Gasteiger charge is -1.90. The van der Waals surface area contributed by atoms with Gasteiger partial charge in [0, 0.05) is 16.5 Å². The first kappa shape index (κ1) is 10.8. The van der Waals surface area contributed by atoms with Crippen LogP contribution in [0.25, 0.3) is 0 Å². The monoisotopic (exact) mass is 252 g/mol. The fourth-order valence-corrected chi connectivity index (χ4v) is 1.30. The van der Waals surface area contributed by atoms with E-state index in [1.165, 1.54) is 0 Å². The van der Waals surface area contributed by atoms with E-state index in [0.717, 1.165) is 10.0 Å². The molecule has 0 bridgehead atoms. The zero-order valence-electron chi connectivity index (χ0n) is 7.46. The van der Waals surface area contributed by atoms with Gasteiger partial charge in [-0.2, -0.15) is 0 Å². The van der Waals surface area contributed by atoms with E-state index >= 15 is 0 Å². The van der Waals surface area contributed by atoms with Crippen LogP contribution in [0.2, 0.25) is 0 Å². The Bertz CT molecular complexity index is 388. The topological polar surface area (TPSA) is 37.3 Å². The van der Waals surface area contributed by atoms with Crippen molar-refractivity contribution in [3.05, 3.63) is 34.3 Å². The summed E-state index contributed by atoms with van der Waals surface area (Å²) in [6.07, 6.45) is 0.489. The highest BCUT2D eigenvalue weighted by atomic mass is 79.9. The van der Waals surface area contributed by atoms with E-state index in [9.17, 15) is 4.79 Å². The fraction of sp³-hybridized carbons (Fsp3) is 0.182. The third-order valence-electron chi connectivity index (χ3n) is 1.52. The van der Waals surface area contributed by atoms with Crippen LogP contribution in [-0.2, 0) is 4.79 Å². The van der Waals surface area contributed by atoms with E-state index in [4.69, 9.17) is 5.11 Å². The van der Waals surface area contributed by atoms with E-state index in [1.54, 1.807) is 0 Å². The largest absolute Gasteiger partial charge is 0.481 e. The summed E-state index contributed by atoms with van der Waals surface area (Å²) in [5, 5.41) is 8.38. The number of carboxylic acids is 1. The van der Waals surface area contributed by atoms with Crippen LogP contribution in [-0.4, -0.2) is 11.1 Å². The summed E-state index contributed by atoms with van der Waals surface area (Å²) in [5.74, 6) is 4.89. The van der Waals surface area contributed by atoms with Crippen molar-refractivity contribution in [1.29, 1.82) is 0 Å². The second-order valence-electron chi connectivity index (χ2n) is 2.71. The minimum Gasteiger partial charge on any atom is -0.481 e. The number of hydrogen-bond donors (Lipinski definition) is 1. The molecule has 0 saturated carbocycles. The van der Waals surface area contributed by atoms with Crippen LogP contribution < -0.4 is 0 Å². The molecule has 14 heavy (non-hydrogen) atoms. The van der Waals surface area contributed by atoms with Gasteiger partial charge in [0.15, 0.2) is 0 Å². The Morgan fingerprint density at radius 3 is 2.93 bits per heavy atom. The second kappa shape index (κ2) is 5.46. The second-order valence-corrected chi connectivity index (χ2v) is 3.62. The molecule has 0 aliphatic carbocycles. The summed E-state index contributed by atoms with van der Waals surface area (Å²) in [5.41, 5.74) is 0.893. The molecule has 0 fully saturated rings. The lowest BCUT2D eigenvalue weighted by molar-refractivity contribution is -0.136. The third-order valence-corrected chi connectivity index (χ3v) is 2.01. The molecule has 0 amide bonds. The van der Waals surface area contributed by atoms with E-state index in [-0.39, 0.29) is 6.42 Å². The van der Waals surface area contributed by atoms with Crippen molar-refractivity contribution in [2.24, 2.45) is 0 Å². The minimum absolute atomic E-state index is 0.0982. The maximum absolute atomic E-state index is 10.2.